The van der Waals surface area contributed by atoms with Crippen molar-refractivity contribution in [1.29, 1.82) is 0 Å². The lowest BCUT2D eigenvalue weighted by Gasteiger charge is -2.10. The van der Waals surface area contributed by atoms with Gasteiger partial charge >= 0.3 is 0 Å². The van der Waals surface area contributed by atoms with Gasteiger partial charge in [-0.2, -0.15) is 0 Å². The van der Waals surface area contributed by atoms with Crippen LogP contribution in [0.25, 0.3) is 0 Å². The molecule has 0 fully saturated rings. The van der Waals surface area contributed by atoms with Crippen LogP contribution in [0, 0.1) is 0 Å². The molecule has 0 bridgehead atoms. The number of benzene rings is 1. The third kappa shape index (κ3) is 4.30. The average molecular weight is 285 g/mol. The second-order valence-electron chi connectivity index (χ2n) is 4.03. The third-order valence-corrected chi connectivity index (χ3v) is 4.10. The fourth-order valence-corrected chi connectivity index (χ4v) is 2.45. The lowest BCUT2D eigenvalue weighted by Crippen LogP contribution is -2.34. The van der Waals surface area contributed by atoms with Crippen molar-refractivity contribution >= 4 is 21.6 Å². The number of nitrogens with two attached hydrogens (primary N) is 1. The molecule has 0 heterocycles. The highest BCUT2D eigenvalue weighted by atomic mass is 32.2. The van der Waals surface area contributed by atoms with E-state index in [-0.39, 0.29) is 10.8 Å². The Hall–Kier alpha value is -1.44. The molecule has 0 radical (unpaired) electrons. The Morgan fingerprint density at radius 3 is 2.32 bits per heavy atom. The summed E-state index contributed by atoms with van der Waals surface area (Å²) in [5.41, 5.74) is 6.10. The van der Waals surface area contributed by atoms with Gasteiger partial charge in [0, 0.05) is 12.2 Å². The molecule has 0 saturated heterocycles. The summed E-state index contributed by atoms with van der Waals surface area (Å²) in [5, 5.41) is 2.62. The number of carbonyl (C=O) groups is 1. The van der Waals surface area contributed by atoms with Gasteiger partial charge in [0.1, 0.15) is 0 Å². The highest BCUT2D eigenvalue weighted by Crippen LogP contribution is 2.14. The minimum atomic E-state index is -3.46. The smallest absolute Gasteiger partial charge is 0.241 e. The first-order valence-corrected chi connectivity index (χ1v) is 7.55. The van der Waals surface area contributed by atoms with Gasteiger partial charge < -0.3 is 11.1 Å². The molecule has 1 aromatic carbocycles. The summed E-state index contributed by atoms with van der Waals surface area (Å²) in [5.74, 6) is -0.287. The lowest BCUT2D eigenvalue weighted by atomic mass is 10.2. The van der Waals surface area contributed by atoms with Gasteiger partial charge in [0.15, 0.2) is 0 Å². The van der Waals surface area contributed by atoms with Gasteiger partial charge in [0.05, 0.1) is 10.9 Å². The van der Waals surface area contributed by atoms with Crippen molar-refractivity contribution in [3.8, 4) is 0 Å². The molecule has 1 amide bonds. The molecule has 106 valence electrons. The largest absolute Gasteiger partial charge is 0.325 e. The van der Waals surface area contributed by atoms with E-state index in [0.717, 1.165) is 0 Å². The van der Waals surface area contributed by atoms with Crippen LogP contribution in [0.4, 0.5) is 5.69 Å². The van der Waals surface area contributed by atoms with Crippen LogP contribution in [0.2, 0.25) is 0 Å². The molecule has 0 spiro atoms. The van der Waals surface area contributed by atoms with Gasteiger partial charge in [-0.1, -0.05) is 13.8 Å². The molecule has 6 nitrogen and oxygen atoms in total. The maximum atomic E-state index is 11.7. The predicted octanol–water partition coefficient (Wildman–Crippen LogP) is 0.661. The molecule has 1 atom stereocenters. The number of sulfonamides is 1. The molecule has 1 aromatic rings. The van der Waals surface area contributed by atoms with Crippen LogP contribution >= 0.6 is 0 Å². The highest BCUT2D eigenvalue weighted by molar-refractivity contribution is 7.89. The molecule has 0 aromatic heterocycles. The summed E-state index contributed by atoms with van der Waals surface area (Å²) < 4.78 is 25.8. The second-order valence-corrected chi connectivity index (χ2v) is 5.80. The van der Waals surface area contributed by atoms with Crippen LogP contribution in [0.5, 0.6) is 0 Å². The van der Waals surface area contributed by atoms with Crippen LogP contribution in [-0.4, -0.2) is 26.9 Å². The first kappa shape index (κ1) is 15.6. The van der Waals surface area contributed by atoms with Gasteiger partial charge in [0.2, 0.25) is 15.9 Å². The van der Waals surface area contributed by atoms with Gasteiger partial charge in [0.25, 0.3) is 0 Å². The maximum Gasteiger partial charge on any atom is 0.241 e. The van der Waals surface area contributed by atoms with E-state index in [2.05, 4.69) is 10.0 Å². The molecule has 7 heteroatoms. The van der Waals surface area contributed by atoms with E-state index < -0.39 is 16.1 Å². The van der Waals surface area contributed by atoms with Gasteiger partial charge in [-0.25, -0.2) is 13.1 Å². The summed E-state index contributed by atoms with van der Waals surface area (Å²) in [6.45, 7) is 3.85. The van der Waals surface area contributed by atoms with E-state index >= 15 is 0 Å². The van der Waals surface area contributed by atoms with Crippen molar-refractivity contribution in [2.45, 2.75) is 31.2 Å². The van der Waals surface area contributed by atoms with Crippen molar-refractivity contribution in [2.75, 3.05) is 11.9 Å². The normalized spacial score (nSPS) is 13.0. The number of carbonyl (C=O) groups excluding carboxylic acids is 1. The zero-order valence-electron chi connectivity index (χ0n) is 11.0. The SMILES string of the molecule is CCNS(=O)(=O)c1ccc(NC(=O)[C@@H](N)CC)cc1. The predicted molar refractivity (Wildman–Crippen MR) is 74.2 cm³/mol. The van der Waals surface area contributed by atoms with Crippen molar-refractivity contribution in [1.82, 2.24) is 4.72 Å². The number of anilines is 1. The zero-order valence-corrected chi connectivity index (χ0v) is 11.8. The summed E-state index contributed by atoms with van der Waals surface area (Å²) in [4.78, 5) is 11.7. The van der Waals surface area contributed by atoms with E-state index in [1.807, 2.05) is 6.92 Å². The van der Waals surface area contributed by atoms with Gasteiger partial charge in [-0.3, -0.25) is 4.79 Å². The van der Waals surface area contributed by atoms with Crippen molar-refractivity contribution < 1.29 is 13.2 Å². The van der Waals surface area contributed by atoms with Crippen LogP contribution in [0.15, 0.2) is 29.2 Å². The Balaban J connectivity index is 2.80. The van der Waals surface area contributed by atoms with Crippen LogP contribution in [0.1, 0.15) is 20.3 Å². The lowest BCUT2D eigenvalue weighted by molar-refractivity contribution is -0.117. The molecule has 0 aliphatic heterocycles. The van der Waals surface area contributed by atoms with Crippen LogP contribution in [-0.2, 0) is 14.8 Å². The van der Waals surface area contributed by atoms with Crippen LogP contribution in [0.3, 0.4) is 0 Å². The number of hydrogen-bond acceptors (Lipinski definition) is 4. The Bertz CT molecular complexity index is 526. The fraction of sp³-hybridized carbons (Fsp3) is 0.417. The van der Waals surface area contributed by atoms with E-state index in [0.29, 0.717) is 18.7 Å². The standard InChI is InChI=1S/C12H19N3O3S/c1-3-11(13)12(16)15-9-5-7-10(8-6-9)19(17,18)14-4-2/h5-8,11,14H,3-4,13H2,1-2H3,(H,15,16)/t11-/m0/s1. The monoisotopic (exact) mass is 285 g/mol. The molecule has 19 heavy (non-hydrogen) atoms. The minimum absolute atomic E-state index is 0.159. The molecule has 0 unspecified atom stereocenters. The summed E-state index contributed by atoms with van der Waals surface area (Å²) in [7, 11) is -3.46. The summed E-state index contributed by atoms with van der Waals surface area (Å²) in [6, 6.07) is 5.37. The molecule has 0 saturated carbocycles. The average Bonchev–Trinajstić information content (AvgIpc) is 2.38. The van der Waals surface area contributed by atoms with Crippen LogP contribution < -0.4 is 15.8 Å². The summed E-state index contributed by atoms with van der Waals surface area (Å²) in [6.07, 6.45) is 0.540. The number of nitrogens with one attached hydrogen (secondary N) is 2. The van der Waals surface area contributed by atoms with E-state index in [9.17, 15) is 13.2 Å². The zero-order chi connectivity index (χ0) is 14.5. The Kier molecular flexibility index (Phi) is 5.46. The highest BCUT2D eigenvalue weighted by Gasteiger charge is 2.14. The topological polar surface area (TPSA) is 101 Å². The fourth-order valence-electron chi connectivity index (χ4n) is 1.41. The molecule has 1 rings (SSSR count). The van der Waals surface area contributed by atoms with E-state index in [1.165, 1.54) is 24.3 Å². The minimum Gasteiger partial charge on any atom is -0.325 e. The first-order valence-electron chi connectivity index (χ1n) is 6.07. The number of rotatable bonds is 6. The first-order chi connectivity index (χ1) is 8.90. The molecule has 0 aliphatic rings. The third-order valence-electron chi connectivity index (χ3n) is 2.54. The van der Waals surface area contributed by atoms with Crippen molar-refractivity contribution in [2.24, 2.45) is 5.73 Å². The molecular weight excluding hydrogens is 266 g/mol. The van der Waals surface area contributed by atoms with Crippen molar-refractivity contribution in [3.05, 3.63) is 24.3 Å². The maximum absolute atomic E-state index is 11.7. The van der Waals surface area contributed by atoms with E-state index in [1.54, 1.807) is 6.92 Å². The Morgan fingerprint density at radius 2 is 1.84 bits per heavy atom. The Labute approximate surface area is 113 Å². The molecule has 4 N–H and O–H groups in total. The number of amides is 1. The summed E-state index contributed by atoms with van der Waals surface area (Å²) >= 11 is 0. The van der Waals surface area contributed by atoms with Crippen molar-refractivity contribution in [3.63, 3.8) is 0 Å². The van der Waals surface area contributed by atoms with Gasteiger partial charge in [-0.15, -0.1) is 0 Å². The number of hydrogen-bond donors (Lipinski definition) is 3. The second kappa shape index (κ2) is 6.65. The van der Waals surface area contributed by atoms with E-state index in [4.69, 9.17) is 5.73 Å². The Morgan fingerprint density at radius 1 is 1.26 bits per heavy atom. The quantitative estimate of drug-likeness (QED) is 0.714. The molecule has 0 aliphatic carbocycles. The molecular formula is C12H19N3O3S. The van der Waals surface area contributed by atoms with Gasteiger partial charge in [-0.05, 0) is 30.7 Å².